The summed E-state index contributed by atoms with van der Waals surface area (Å²) < 4.78 is 5.44. The molecule has 3 heterocycles. The van der Waals surface area contributed by atoms with E-state index in [2.05, 4.69) is 20.3 Å². The van der Waals surface area contributed by atoms with Crippen molar-refractivity contribution in [1.82, 2.24) is 20.3 Å². The Kier molecular flexibility index (Phi) is 3.65. The smallest absolute Gasteiger partial charge is 0.180 e. The van der Waals surface area contributed by atoms with Gasteiger partial charge in [-0.25, -0.2) is 0 Å². The Balaban J connectivity index is 1.95. The third-order valence-corrected chi connectivity index (χ3v) is 4.28. The Morgan fingerprint density at radius 2 is 2.08 bits per heavy atom. The fraction of sp³-hybridized carbons (Fsp3) is 0.111. The van der Waals surface area contributed by atoms with Gasteiger partial charge in [0.25, 0.3) is 0 Å². The second-order valence-electron chi connectivity index (χ2n) is 5.86. The Bertz CT molecular complexity index is 1110. The fourth-order valence-electron chi connectivity index (χ4n) is 2.93. The van der Waals surface area contributed by atoms with E-state index in [1.165, 1.54) is 0 Å². The summed E-state index contributed by atoms with van der Waals surface area (Å²) in [5, 5.41) is 11.2. The van der Waals surface area contributed by atoms with Gasteiger partial charge in [-0.2, -0.15) is 5.10 Å². The molecule has 4 aromatic rings. The van der Waals surface area contributed by atoms with Gasteiger partial charge in [-0.1, -0.05) is 18.1 Å². The predicted molar refractivity (Wildman–Crippen MR) is 98.3 cm³/mol. The van der Waals surface area contributed by atoms with Crippen molar-refractivity contribution in [1.29, 1.82) is 0 Å². The number of hydrogen-bond acceptors (Lipinski definition) is 7. The quantitative estimate of drug-likeness (QED) is 0.381. The molecule has 0 atom stereocenters. The molecule has 8 nitrogen and oxygen atoms in total. The minimum Gasteiger partial charge on any atom is -0.398 e. The van der Waals surface area contributed by atoms with E-state index in [0.29, 0.717) is 34.3 Å². The normalized spacial score (nSPS) is 11.1. The first kappa shape index (κ1) is 15.8. The minimum absolute atomic E-state index is 0.0334. The molecule has 4 rings (SSSR count). The molecule has 0 saturated heterocycles. The van der Waals surface area contributed by atoms with Gasteiger partial charge in [0, 0.05) is 46.8 Å². The van der Waals surface area contributed by atoms with E-state index in [4.69, 9.17) is 16.0 Å². The zero-order chi connectivity index (χ0) is 18.3. The molecule has 0 amide bonds. The molecule has 0 fully saturated rings. The van der Waals surface area contributed by atoms with E-state index < -0.39 is 0 Å². The Morgan fingerprint density at radius 1 is 1.23 bits per heavy atom. The van der Waals surface area contributed by atoms with E-state index in [9.17, 15) is 4.79 Å². The predicted octanol–water partition coefficient (Wildman–Crippen LogP) is 3.04. The summed E-state index contributed by atoms with van der Waals surface area (Å²) in [6.45, 7) is 1.79. The van der Waals surface area contributed by atoms with Gasteiger partial charge in [-0.3, -0.25) is 14.9 Å². The van der Waals surface area contributed by atoms with Crippen LogP contribution < -0.4 is 11.5 Å². The second-order valence-corrected chi connectivity index (χ2v) is 5.86. The molecule has 3 aromatic heterocycles. The number of rotatable bonds is 4. The Labute approximate surface area is 148 Å². The van der Waals surface area contributed by atoms with Gasteiger partial charge in [-0.05, 0) is 12.1 Å². The third-order valence-electron chi connectivity index (χ3n) is 4.28. The van der Waals surface area contributed by atoms with Gasteiger partial charge in [-0.15, -0.1) is 0 Å². The summed E-state index contributed by atoms with van der Waals surface area (Å²) in [7, 11) is 0. The molecule has 0 spiro atoms. The number of nitrogen functional groups attached to an aromatic ring is 2. The number of H-pyrrole nitrogens is 1. The van der Waals surface area contributed by atoms with E-state index in [0.717, 1.165) is 16.7 Å². The highest BCUT2D eigenvalue weighted by Crippen LogP contribution is 2.37. The monoisotopic (exact) mass is 348 g/mol. The SMILES string of the molecule is CCC(=O)c1cc(-c2ncc(-c3cn[nH]c3)c3onc(N)c23)ccc1N. The number of carbonyl (C=O) groups excluding carboxylic acids is 1. The average molecular weight is 348 g/mol. The minimum atomic E-state index is -0.0334. The lowest BCUT2D eigenvalue weighted by molar-refractivity contribution is 0.0989. The van der Waals surface area contributed by atoms with Crippen molar-refractivity contribution in [3.63, 3.8) is 0 Å². The number of carbonyl (C=O) groups is 1. The largest absolute Gasteiger partial charge is 0.398 e. The summed E-state index contributed by atoms with van der Waals surface area (Å²) in [6.07, 6.45) is 5.43. The number of ketones is 1. The number of aromatic amines is 1. The number of fused-ring (bicyclic) bond motifs is 1. The first-order valence-electron chi connectivity index (χ1n) is 8.06. The molecule has 130 valence electrons. The van der Waals surface area contributed by atoms with Crippen LogP contribution in [0.25, 0.3) is 33.4 Å². The van der Waals surface area contributed by atoms with Crippen molar-refractivity contribution >= 4 is 28.3 Å². The van der Waals surface area contributed by atoms with Crippen LogP contribution in [0.15, 0.2) is 41.3 Å². The molecule has 0 bridgehead atoms. The number of anilines is 2. The lowest BCUT2D eigenvalue weighted by atomic mass is 9.99. The van der Waals surface area contributed by atoms with Crippen LogP contribution in [0.3, 0.4) is 0 Å². The topological polar surface area (TPSA) is 137 Å². The number of aromatic nitrogens is 4. The highest BCUT2D eigenvalue weighted by molar-refractivity contribution is 6.06. The van der Waals surface area contributed by atoms with Gasteiger partial charge in [0.1, 0.15) is 0 Å². The maximum atomic E-state index is 12.1. The lowest BCUT2D eigenvalue weighted by Gasteiger charge is -2.09. The van der Waals surface area contributed by atoms with Crippen molar-refractivity contribution in [2.45, 2.75) is 13.3 Å². The van der Waals surface area contributed by atoms with E-state index >= 15 is 0 Å². The summed E-state index contributed by atoms with van der Waals surface area (Å²) in [5.74, 6) is 0.196. The summed E-state index contributed by atoms with van der Waals surface area (Å²) in [6, 6.07) is 5.22. The van der Waals surface area contributed by atoms with Crippen LogP contribution in [0, 0.1) is 0 Å². The number of nitrogens with zero attached hydrogens (tertiary/aromatic N) is 3. The molecule has 1 aromatic carbocycles. The first-order valence-corrected chi connectivity index (χ1v) is 8.06. The van der Waals surface area contributed by atoms with Gasteiger partial charge in [0.2, 0.25) is 0 Å². The number of nitrogens with one attached hydrogen (secondary N) is 1. The van der Waals surface area contributed by atoms with Crippen molar-refractivity contribution < 1.29 is 9.32 Å². The lowest BCUT2D eigenvalue weighted by Crippen LogP contribution is -2.03. The van der Waals surface area contributed by atoms with Crippen LogP contribution in [0.5, 0.6) is 0 Å². The highest BCUT2D eigenvalue weighted by atomic mass is 16.5. The van der Waals surface area contributed by atoms with Crippen LogP contribution in [0.2, 0.25) is 0 Å². The molecule has 0 aliphatic carbocycles. The zero-order valence-electron chi connectivity index (χ0n) is 14.0. The van der Waals surface area contributed by atoms with Crippen LogP contribution in [-0.2, 0) is 0 Å². The molecular weight excluding hydrogens is 332 g/mol. The number of nitrogens with two attached hydrogens (primary N) is 2. The van der Waals surface area contributed by atoms with Crippen molar-refractivity contribution in [2.75, 3.05) is 11.5 Å². The number of benzene rings is 1. The van der Waals surface area contributed by atoms with Gasteiger partial charge < -0.3 is 16.0 Å². The summed E-state index contributed by atoms with van der Waals surface area (Å²) >= 11 is 0. The maximum Gasteiger partial charge on any atom is 0.180 e. The number of Topliss-reactive ketones (excluding diaryl/α,β-unsaturated/α-hetero) is 1. The van der Waals surface area contributed by atoms with Crippen LogP contribution >= 0.6 is 0 Å². The van der Waals surface area contributed by atoms with Crippen LogP contribution in [0.4, 0.5) is 11.5 Å². The molecule has 26 heavy (non-hydrogen) atoms. The molecule has 0 aliphatic rings. The third kappa shape index (κ3) is 2.39. The fourth-order valence-corrected chi connectivity index (χ4v) is 2.93. The summed E-state index contributed by atoms with van der Waals surface area (Å²) in [4.78, 5) is 16.7. The Morgan fingerprint density at radius 3 is 2.81 bits per heavy atom. The molecular formula is C18H16N6O2. The maximum absolute atomic E-state index is 12.1. The van der Waals surface area contributed by atoms with Crippen molar-refractivity contribution in [3.05, 3.63) is 42.4 Å². The first-order chi connectivity index (χ1) is 12.6. The average Bonchev–Trinajstić information content (AvgIpc) is 3.32. The van der Waals surface area contributed by atoms with E-state index in [1.807, 2.05) is 0 Å². The van der Waals surface area contributed by atoms with Crippen LogP contribution in [-0.4, -0.2) is 26.1 Å². The van der Waals surface area contributed by atoms with Crippen LogP contribution in [0.1, 0.15) is 23.7 Å². The van der Waals surface area contributed by atoms with E-state index in [1.54, 1.807) is 43.7 Å². The van der Waals surface area contributed by atoms with Gasteiger partial charge in [0.05, 0.1) is 17.3 Å². The molecule has 0 unspecified atom stereocenters. The standard InChI is InChI=1S/C18H16N6O2/c1-2-14(25)11-5-9(3-4-13(11)19)16-15-17(26-24-18(15)20)12(8-21-16)10-6-22-23-7-10/h3-8H,2,19H2,1H3,(H2,20,24)(H,22,23). The van der Waals surface area contributed by atoms with Crippen molar-refractivity contribution in [3.8, 4) is 22.4 Å². The second kappa shape index (κ2) is 5.99. The summed E-state index contributed by atoms with van der Waals surface area (Å²) in [5.41, 5.74) is 16.2. The zero-order valence-corrected chi connectivity index (χ0v) is 14.0. The van der Waals surface area contributed by atoms with Crippen molar-refractivity contribution in [2.24, 2.45) is 0 Å². The van der Waals surface area contributed by atoms with Gasteiger partial charge >= 0.3 is 0 Å². The van der Waals surface area contributed by atoms with Gasteiger partial charge in [0.15, 0.2) is 17.2 Å². The molecule has 5 N–H and O–H groups in total. The number of hydrogen-bond donors (Lipinski definition) is 3. The molecule has 0 aliphatic heterocycles. The van der Waals surface area contributed by atoms with E-state index in [-0.39, 0.29) is 11.6 Å². The molecule has 8 heteroatoms. The molecule has 0 radical (unpaired) electrons. The highest BCUT2D eigenvalue weighted by Gasteiger charge is 2.20. The number of pyridine rings is 1. The molecule has 0 saturated carbocycles. The Hall–Kier alpha value is -3.68.